The second kappa shape index (κ2) is 9.05. The number of methoxy groups -OCH3 is 1. The molecule has 0 saturated heterocycles. The summed E-state index contributed by atoms with van der Waals surface area (Å²) < 4.78 is 15.4. The van der Waals surface area contributed by atoms with Gasteiger partial charge in [0, 0.05) is 25.0 Å². The molecule has 0 aliphatic carbocycles. The molecule has 0 amide bonds. The number of carbonyl (C=O) groups is 3. The molecule has 0 unspecified atom stereocenters. The van der Waals surface area contributed by atoms with Crippen molar-refractivity contribution in [1.29, 1.82) is 0 Å². The third kappa shape index (κ3) is 4.91. The van der Waals surface area contributed by atoms with Gasteiger partial charge in [0.05, 0.1) is 7.11 Å². The van der Waals surface area contributed by atoms with Crippen LogP contribution in [-0.2, 0) is 9.59 Å². The number of ether oxygens (including phenoxy) is 3. The van der Waals surface area contributed by atoms with E-state index in [9.17, 15) is 14.4 Å². The first-order valence-electron chi connectivity index (χ1n) is 9.17. The van der Waals surface area contributed by atoms with Gasteiger partial charge in [-0.15, -0.1) is 0 Å². The van der Waals surface area contributed by atoms with Crippen molar-refractivity contribution in [2.45, 2.75) is 13.8 Å². The lowest BCUT2D eigenvalue weighted by molar-refractivity contribution is -0.132. The van der Waals surface area contributed by atoms with Crippen LogP contribution in [0, 0.1) is 0 Å². The number of benzene rings is 3. The fourth-order valence-corrected chi connectivity index (χ4v) is 2.96. The van der Waals surface area contributed by atoms with Gasteiger partial charge in [0.25, 0.3) is 0 Å². The van der Waals surface area contributed by atoms with E-state index >= 15 is 0 Å². The second-order valence-corrected chi connectivity index (χ2v) is 6.48. The largest absolute Gasteiger partial charge is 0.497 e. The zero-order valence-corrected chi connectivity index (χ0v) is 16.8. The smallest absolute Gasteiger partial charge is 0.308 e. The Bertz CT molecular complexity index is 1080. The molecule has 0 aliphatic rings. The number of esters is 2. The molecule has 3 rings (SSSR count). The summed E-state index contributed by atoms with van der Waals surface area (Å²) in [6.07, 6.45) is 0. The molecule has 0 N–H and O–H groups in total. The Hall–Kier alpha value is -3.93. The zero-order valence-electron chi connectivity index (χ0n) is 16.8. The fraction of sp³-hybridized carbons (Fsp3) is 0.125. The van der Waals surface area contributed by atoms with E-state index in [0.29, 0.717) is 39.5 Å². The lowest BCUT2D eigenvalue weighted by atomic mass is 9.93. The summed E-state index contributed by atoms with van der Waals surface area (Å²) in [7, 11) is 1.56. The Labute approximate surface area is 174 Å². The van der Waals surface area contributed by atoms with Crippen molar-refractivity contribution < 1.29 is 28.6 Å². The maximum Gasteiger partial charge on any atom is 0.308 e. The van der Waals surface area contributed by atoms with Crippen LogP contribution in [0.15, 0.2) is 66.7 Å². The third-order valence-corrected chi connectivity index (χ3v) is 4.28. The highest BCUT2D eigenvalue weighted by molar-refractivity contribution is 6.13. The van der Waals surface area contributed by atoms with E-state index in [4.69, 9.17) is 14.2 Å². The average molecular weight is 404 g/mol. The van der Waals surface area contributed by atoms with E-state index in [1.54, 1.807) is 73.8 Å². The van der Waals surface area contributed by atoms with E-state index in [0.717, 1.165) is 0 Å². The van der Waals surface area contributed by atoms with Gasteiger partial charge in [-0.05, 0) is 65.7 Å². The van der Waals surface area contributed by atoms with Crippen molar-refractivity contribution in [3.63, 3.8) is 0 Å². The van der Waals surface area contributed by atoms with Crippen LogP contribution < -0.4 is 14.2 Å². The van der Waals surface area contributed by atoms with Gasteiger partial charge < -0.3 is 14.2 Å². The van der Waals surface area contributed by atoms with E-state index < -0.39 is 11.9 Å². The van der Waals surface area contributed by atoms with Crippen LogP contribution in [0.3, 0.4) is 0 Å². The van der Waals surface area contributed by atoms with Crippen molar-refractivity contribution >= 4 is 17.7 Å². The number of ketones is 1. The zero-order chi connectivity index (χ0) is 21.7. The molecule has 0 bridgehead atoms. The van der Waals surface area contributed by atoms with E-state index in [1.807, 2.05) is 0 Å². The molecule has 0 saturated carbocycles. The van der Waals surface area contributed by atoms with E-state index in [-0.39, 0.29) is 5.78 Å². The Kier molecular flexibility index (Phi) is 6.27. The summed E-state index contributed by atoms with van der Waals surface area (Å²) in [5, 5.41) is 0. The molecule has 6 nitrogen and oxygen atoms in total. The molecule has 0 aromatic heterocycles. The average Bonchev–Trinajstić information content (AvgIpc) is 2.73. The summed E-state index contributed by atoms with van der Waals surface area (Å²) in [6.45, 7) is 2.63. The topological polar surface area (TPSA) is 78.9 Å². The molecule has 0 heterocycles. The van der Waals surface area contributed by atoms with Gasteiger partial charge >= 0.3 is 11.9 Å². The minimum Gasteiger partial charge on any atom is -0.497 e. The summed E-state index contributed by atoms with van der Waals surface area (Å²) >= 11 is 0. The first-order chi connectivity index (χ1) is 14.4. The molecule has 0 radical (unpaired) electrons. The standard InChI is InChI=1S/C24H20O6/c1-15(25)29-20-10-4-17(5-11-20)23-14-21(30-16(2)26)12-13-22(23)24(27)18-6-8-19(28-3)9-7-18/h4-14H,1-3H3. The van der Waals surface area contributed by atoms with Gasteiger partial charge in [-0.3, -0.25) is 14.4 Å². The van der Waals surface area contributed by atoms with Crippen LogP contribution >= 0.6 is 0 Å². The first-order valence-corrected chi connectivity index (χ1v) is 9.17. The quantitative estimate of drug-likeness (QED) is 0.343. The van der Waals surface area contributed by atoms with Gasteiger partial charge in [0.1, 0.15) is 17.2 Å². The Morgan fingerprint density at radius 1 is 0.667 bits per heavy atom. The Balaban J connectivity index is 2.04. The number of carbonyl (C=O) groups excluding carboxylic acids is 3. The van der Waals surface area contributed by atoms with E-state index in [1.165, 1.54) is 13.8 Å². The van der Waals surface area contributed by atoms with Crippen LogP contribution in [0.1, 0.15) is 29.8 Å². The molecule has 0 aliphatic heterocycles. The number of rotatable bonds is 6. The van der Waals surface area contributed by atoms with Gasteiger partial charge in [0.2, 0.25) is 0 Å². The summed E-state index contributed by atoms with van der Waals surface area (Å²) in [6, 6.07) is 18.4. The number of hydrogen-bond acceptors (Lipinski definition) is 6. The highest BCUT2D eigenvalue weighted by Gasteiger charge is 2.17. The summed E-state index contributed by atoms with van der Waals surface area (Å²) in [5.74, 6) is 0.303. The summed E-state index contributed by atoms with van der Waals surface area (Å²) in [4.78, 5) is 35.7. The predicted octanol–water partition coefficient (Wildman–Crippen LogP) is 4.44. The lowest BCUT2D eigenvalue weighted by Gasteiger charge is -2.12. The molecule has 0 spiro atoms. The van der Waals surface area contributed by atoms with Crippen LogP contribution in [0.4, 0.5) is 0 Å². The first kappa shape index (κ1) is 20.8. The van der Waals surface area contributed by atoms with Crippen molar-refractivity contribution in [2.75, 3.05) is 7.11 Å². The van der Waals surface area contributed by atoms with Crippen LogP contribution in [0.5, 0.6) is 17.2 Å². The van der Waals surface area contributed by atoms with Crippen LogP contribution in [0.25, 0.3) is 11.1 Å². The maximum atomic E-state index is 13.2. The molecule has 3 aromatic carbocycles. The highest BCUT2D eigenvalue weighted by Crippen LogP contribution is 2.31. The SMILES string of the molecule is COc1ccc(C(=O)c2ccc(OC(C)=O)cc2-c2ccc(OC(C)=O)cc2)cc1. The molecule has 6 heteroatoms. The Morgan fingerprint density at radius 3 is 1.77 bits per heavy atom. The highest BCUT2D eigenvalue weighted by atomic mass is 16.5. The molecule has 0 atom stereocenters. The van der Waals surface area contributed by atoms with Gasteiger partial charge in [0.15, 0.2) is 5.78 Å². The molecule has 152 valence electrons. The van der Waals surface area contributed by atoms with Crippen molar-refractivity contribution in [1.82, 2.24) is 0 Å². The molecule has 30 heavy (non-hydrogen) atoms. The van der Waals surface area contributed by atoms with Crippen molar-refractivity contribution in [3.05, 3.63) is 77.9 Å². The Morgan fingerprint density at radius 2 is 1.20 bits per heavy atom. The maximum absolute atomic E-state index is 13.2. The van der Waals surface area contributed by atoms with Crippen molar-refractivity contribution in [2.24, 2.45) is 0 Å². The molecule has 3 aromatic rings. The monoisotopic (exact) mass is 404 g/mol. The van der Waals surface area contributed by atoms with Crippen LogP contribution in [0.2, 0.25) is 0 Å². The second-order valence-electron chi connectivity index (χ2n) is 6.48. The summed E-state index contributed by atoms with van der Waals surface area (Å²) in [5.41, 5.74) is 2.23. The fourth-order valence-electron chi connectivity index (χ4n) is 2.96. The number of hydrogen-bond donors (Lipinski definition) is 0. The minimum absolute atomic E-state index is 0.189. The normalized spacial score (nSPS) is 10.2. The van der Waals surface area contributed by atoms with Gasteiger partial charge in [-0.1, -0.05) is 12.1 Å². The molecular weight excluding hydrogens is 384 g/mol. The predicted molar refractivity (Wildman–Crippen MR) is 111 cm³/mol. The lowest BCUT2D eigenvalue weighted by Crippen LogP contribution is -2.06. The van der Waals surface area contributed by atoms with Gasteiger partial charge in [-0.2, -0.15) is 0 Å². The van der Waals surface area contributed by atoms with Gasteiger partial charge in [-0.25, -0.2) is 0 Å². The van der Waals surface area contributed by atoms with E-state index in [2.05, 4.69) is 0 Å². The third-order valence-electron chi connectivity index (χ3n) is 4.28. The molecular formula is C24H20O6. The van der Waals surface area contributed by atoms with Crippen molar-refractivity contribution in [3.8, 4) is 28.4 Å². The van der Waals surface area contributed by atoms with Crippen LogP contribution in [-0.4, -0.2) is 24.8 Å². The molecule has 0 fully saturated rings. The minimum atomic E-state index is -0.458.